The van der Waals surface area contributed by atoms with Crippen LogP contribution in [0.5, 0.6) is 0 Å². The van der Waals surface area contributed by atoms with Gasteiger partial charge in [-0.25, -0.2) is 0 Å². The van der Waals surface area contributed by atoms with Gasteiger partial charge in [-0.15, -0.1) is 11.3 Å². The van der Waals surface area contributed by atoms with Gasteiger partial charge in [0.05, 0.1) is 0 Å². The highest BCUT2D eigenvalue weighted by molar-refractivity contribution is 9.10. The average molecular weight is 268 g/mol. The topological polar surface area (TPSA) is 26.0 Å². The molecule has 2 aromatic rings. The molecule has 0 fully saturated rings. The van der Waals surface area contributed by atoms with E-state index in [9.17, 15) is 0 Å². The van der Waals surface area contributed by atoms with E-state index in [1.165, 1.54) is 16.0 Å². The highest BCUT2D eigenvalue weighted by Gasteiger charge is 2.04. The predicted octanol–water partition coefficient (Wildman–Crippen LogP) is 3.64. The molecule has 2 rings (SSSR count). The van der Waals surface area contributed by atoms with Gasteiger partial charge in [0.2, 0.25) is 0 Å². The Labute approximate surface area is 95.7 Å². The summed E-state index contributed by atoms with van der Waals surface area (Å²) in [4.78, 5) is 1.26. The molecule has 0 amide bonds. The van der Waals surface area contributed by atoms with Crippen LogP contribution in [0.15, 0.2) is 40.2 Å². The molecule has 0 saturated heterocycles. The van der Waals surface area contributed by atoms with Crippen molar-refractivity contribution in [3.8, 4) is 10.4 Å². The molecule has 0 aliphatic carbocycles. The zero-order chi connectivity index (χ0) is 9.97. The van der Waals surface area contributed by atoms with Crippen LogP contribution in [-0.4, -0.2) is 0 Å². The van der Waals surface area contributed by atoms with Crippen molar-refractivity contribution in [1.29, 1.82) is 0 Å². The zero-order valence-electron chi connectivity index (χ0n) is 7.53. The number of thiophene rings is 1. The van der Waals surface area contributed by atoms with Gasteiger partial charge < -0.3 is 5.73 Å². The Hall–Kier alpha value is -0.640. The van der Waals surface area contributed by atoms with Gasteiger partial charge in [-0.3, -0.25) is 0 Å². The van der Waals surface area contributed by atoms with E-state index in [2.05, 4.69) is 39.5 Å². The van der Waals surface area contributed by atoms with Crippen molar-refractivity contribution in [1.82, 2.24) is 0 Å². The highest BCUT2D eigenvalue weighted by Crippen LogP contribution is 2.32. The Morgan fingerprint density at radius 2 is 2.07 bits per heavy atom. The van der Waals surface area contributed by atoms with Crippen LogP contribution >= 0.6 is 27.3 Å². The lowest BCUT2D eigenvalue weighted by molar-refractivity contribution is 1.08. The number of hydrogen-bond acceptors (Lipinski definition) is 2. The predicted molar refractivity (Wildman–Crippen MR) is 65.3 cm³/mol. The van der Waals surface area contributed by atoms with E-state index in [0.29, 0.717) is 6.54 Å². The Kier molecular flexibility index (Phi) is 3.01. The molecule has 14 heavy (non-hydrogen) atoms. The maximum Gasteiger partial charge on any atom is 0.0357 e. The number of benzene rings is 1. The lowest BCUT2D eigenvalue weighted by Crippen LogP contribution is -1.92. The molecule has 0 bridgehead atoms. The van der Waals surface area contributed by atoms with Gasteiger partial charge in [-0.1, -0.05) is 34.1 Å². The van der Waals surface area contributed by atoms with Gasteiger partial charge in [0.15, 0.2) is 0 Å². The van der Waals surface area contributed by atoms with E-state index in [-0.39, 0.29) is 0 Å². The van der Waals surface area contributed by atoms with Crippen LogP contribution in [0.4, 0.5) is 0 Å². The van der Waals surface area contributed by atoms with Crippen molar-refractivity contribution in [2.45, 2.75) is 6.54 Å². The Morgan fingerprint density at radius 3 is 2.71 bits per heavy atom. The average Bonchev–Trinajstić information content (AvgIpc) is 2.67. The Balaban J connectivity index is 2.44. The van der Waals surface area contributed by atoms with Gasteiger partial charge in [-0.2, -0.15) is 0 Å². The monoisotopic (exact) mass is 267 g/mol. The Bertz CT molecular complexity index is 436. The summed E-state index contributed by atoms with van der Waals surface area (Å²) in [6.45, 7) is 0.612. The van der Waals surface area contributed by atoms with Gasteiger partial charge in [-0.05, 0) is 23.1 Å². The van der Waals surface area contributed by atoms with Crippen LogP contribution in [0.25, 0.3) is 10.4 Å². The second-order valence-electron chi connectivity index (χ2n) is 3.00. The molecule has 2 N–H and O–H groups in total. The first kappa shape index (κ1) is 9.90. The third kappa shape index (κ3) is 1.90. The smallest absolute Gasteiger partial charge is 0.0357 e. The van der Waals surface area contributed by atoms with Crippen LogP contribution in [0.1, 0.15) is 5.56 Å². The van der Waals surface area contributed by atoms with Crippen molar-refractivity contribution in [3.63, 3.8) is 0 Å². The fourth-order valence-electron chi connectivity index (χ4n) is 1.28. The number of nitrogens with two attached hydrogens (primary N) is 1. The number of halogens is 1. The second kappa shape index (κ2) is 4.26. The third-order valence-corrected chi connectivity index (χ3v) is 3.73. The molecule has 0 atom stereocenters. The van der Waals surface area contributed by atoms with E-state index >= 15 is 0 Å². The molecule has 0 radical (unpaired) electrons. The summed E-state index contributed by atoms with van der Waals surface area (Å²) >= 11 is 5.27. The van der Waals surface area contributed by atoms with Crippen LogP contribution in [-0.2, 0) is 6.54 Å². The fourth-order valence-corrected chi connectivity index (χ4v) is 2.88. The first-order chi connectivity index (χ1) is 6.81. The molecular weight excluding hydrogens is 258 g/mol. The van der Waals surface area contributed by atoms with Gasteiger partial charge >= 0.3 is 0 Å². The first-order valence-corrected chi connectivity index (χ1v) is 6.01. The first-order valence-electron chi connectivity index (χ1n) is 4.33. The quantitative estimate of drug-likeness (QED) is 0.884. The van der Waals surface area contributed by atoms with E-state index < -0.39 is 0 Å². The summed E-state index contributed by atoms with van der Waals surface area (Å²) in [7, 11) is 0. The molecule has 1 aromatic carbocycles. The summed E-state index contributed by atoms with van der Waals surface area (Å²) in [6, 6.07) is 10.4. The van der Waals surface area contributed by atoms with Crippen LogP contribution in [0.2, 0.25) is 0 Å². The maximum atomic E-state index is 5.57. The van der Waals surface area contributed by atoms with E-state index in [1.807, 2.05) is 12.1 Å². The molecule has 3 heteroatoms. The lowest BCUT2D eigenvalue weighted by Gasteiger charge is -1.99. The van der Waals surface area contributed by atoms with Crippen LogP contribution < -0.4 is 5.73 Å². The molecule has 72 valence electrons. The van der Waals surface area contributed by atoms with Crippen molar-refractivity contribution < 1.29 is 0 Å². The second-order valence-corrected chi connectivity index (χ2v) is 4.77. The van der Waals surface area contributed by atoms with Crippen molar-refractivity contribution >= 4 is 27.3 Å². The lowest BCUT2D eigenvalue weighted by atomic mass is 10.2. The molecule has 1 nitrogen and oxygen atoms in total. The van der Waals surface area contributed by atoms with Gasteiger partial charge in [0.1, 0.15) is 0 Å². The molecule has 1 aromatic heterocycles. The standard InChI is InChI=1S/C11H10BrNS/c12-10-4-2-1-3-9(10)11-5-8(6-13)7-14-11/h1-5,7H,6,13H2. The Morgan fingerprint density at radius 1 is 1.29 bits per heavy atom. The summed E-state index contributed by atoms with van der Waals surface area (Å²) in [5.41, 5.74) is 8.00. The van der Waals surface area contributed by atoms with Gasteiger partial charge in [0.25, 0.3) is 0 Å². The third-order valence-electron chi connectivity index (χ3n) is 2.03. The fraction of sp³-hybridized carbons (Fsp3) is 0.0909. The van der Waals surface area contributed by atoms with Crippen LogP contribution in [0.3, 0.4) is 0 Å². The molecule has 0 unspecified atom stereocenters. The minimum absolute atomic E-state index is 0.612. The normalized spacial score (nSPS) is 10.4. The van der Waals surface area contributed by atoms with Crippen molar-refractivity contribution in [2.75, 3.05) is 0 Å². The maximum absolute atomic E-state index is 5.57. The summed E-state index contributed by atoms with van der Waals surface area (Å²) in [5, 5.41) is 2.11. The molecule has 0 saturated carbocycles. The van der Waals surface area contributed by atoms with Gasteiger partial charge in [0, 0.05) is 21.5 Å². The highest BCUT2D eigenvalue weighted by atomic mass is 79.9. The molecule has 0 aliphatic rings. The molecular formula is C11H10BrNS. The largest absolute Gasteiger partial charge is 0.326 e. The molecule has 1 heterocycles. The van der Waals surface area contributed by atoms with E-state index in [1.54, 1.807) is 11.3 Å². The van der Waals surface area contributed by atoms with E-state index in [0.717, 1.165) is 4.47 Å². The zero-order valence-corrected chi connectivity index (χ0v) is 9.94. The molecule has 0 aliphatic heterocycles. The summed E-state index contributed by atoms with van der Waals surface area (Å²) < 4.78 is 1.13. The number of hydrogen-bond donors (Lipinski definition) is 1. The van der Waals surface area contributed by atoms with Crippen molar-refractivity contribution in [3.05, 3.63) is 45.7 Å². The van der Waals surface area contributed by atoms with E-state index in [4.69, 9.17) is 5.73 Å². The SMILES string of the molecule is NCc1csc(-c2ccccc2Br)c1. The van der Waals surface area contributed by atoms with Crippen LogP contribution in [0, 0.1) is 0 Å². The number of rotatable bonds is 2. The van der Waals surface area contributed by atoms with Crippen molar-refractivity contribution in [2.24, 2.45) is 5.73 Å². The summed E-state index contributed by atoms with van der Waals surface area (Å²) in [6.07, 6.45) is 0. The summed E-state index contributed by atoms with van der Waals surface area (Å²) in [5.74, 6) is 0. The molecule has 0 spiro atoms. The minimum Gasteiger partial charge on any atom is -0.326 e. The minimum atomic E-state index is 0.612.